The molecule has 1 fully saturated rings. The highest BCUT2D eigenvalue weighted by molar-refractivity contribution is 7.91. The van der Waals surface area contributed by atoms with Crippen LogP contribution in [0.15, 0.2) is 29.2 Å². The number of amides is 1. The number of ether oxygens (including phenoxy) is 1. The van der Waals surface area contributed by atoms with Crippen molar-refractivity contribution in [1.82, 2.24) is 4.90 Å². The molecule has 146 valence electrons. The molecular weight excluding hydrogens is 370 g/mol. The van der Waals surface area contributed by atoms with Crippen LogP contribution in [0, 0.1) is 17.3 Å². The van der Waals surface area contributed by atoms with E-state index < -0.39 is 27.0 Å². The lowest BCUT2D eigenvalue weighted by Crippen LogP contribution is -2.49. The van der Waals surface area contributed by atoms with Gasteiger partial charge in [-0.2, -0.15) is 0 Å². The fourth-order valence-electron chi connectivity index (χ4n) is 3.05. The van der Waals surface area contributed by atoms with Crippen LogP contribution in [0.5, 0.6) is 5.75 Å². The molecule has 0 aliphatic carbocycles. The minimum absolute atomic E-state index is 0.0473. The first-order chi connectivity index (χ1) is 12.7. The molecule has 1 aromatic carbocycles. The zero-order valence-corrected chi connectivity index (χ0v) is 16.2. The highest BCUT2D eigenvalue weighted by Gasteiger charge is 2.45. The molecule has 1 N–H and O–H groups in total. The summed E-state index contributed by atoms with van der Waals surface area (Å²) in [5.41, 5.74) is -1.39. The van der Waals surface area contributed by atoms with E-state index in [2.05, 4.69) is 11.8 Å². The van der Waals surface area contributed by atoms with Crippen LogP contribution in [0.1, 0.15) is 26.7 Å². The SMILES string of the molecule is CC#CCOc1ccc(S(=O)(=O)CC2(C(=O)O)CCN(C(C)=O)CC2)cc1. The van der Waals surface area contributed by atoms with Crippen molar-refractivity contribution in [2.24, 2.45) is 5.41 Å². The Morgan fingerprint density at radius 3 is 2.30 bits per heavy atom. The van der Waals surface area contributed by atoms with Gasteiger partial charge in [0.1, 0.15) is 12.4 Å². The van der Waals surface area contributed by atoms with Crippen molar-refractivity contribution < 1.29 is 27.9 Å². The number of piperidine rings is 1. The number of hydrogen-bond donors (Lipinski definition) is 1. The van der Waals surface area contributed by atoms with E-state index >= 15 is 0 Å². The fraction of sp³-hybridized carbons (Fsp3) is 0.474. The molecule has 0 unspecified atom stereocenters. The van der Waals surface area contributed by atoms with E-state index in [1.165, 1.54) is 31.2 Å². The third-order valence-corrected chi connectivity index (χ3v) is 6.68. The van der Waals surface area contributed by atoms with E-state index in [9.17, 15) is 23.1 Å². The molecule has 0 spiro atoms. The quantitative estimate of drug-likeness (QED) is 0.737. The van der Waals surface area contributed by atoms with Gasteiger partial charge in [0, 0.05) is 20.0 Å². The molecule has 2 rings (SSSR count). The number of hydrogen-bond acceptors (Lipinski definition) is 5. The normalized spacial score (nSPS) is 16.1. The molecule has 27 heavy (non-hydrogen) atoms. The molecule has 0 bridgehead atoms. The maximum absolute atomic E-state index is 12.8. The van der Waals surface area contributed by atoms with Crippen LogP contribution in [0.3, 0.4) is 0 Å². The Hall–Kier alpha value is -2.53. The summed E-state index contributed by atoms with van der Waals surface area (Å²) in [5.74, 6) is 4.14. The van der Waals surface area contributed by atoms with Gasteiger partial charge in [0.2, 0.25) is 5.91 Å². The topological polar surface area (TPSA) is 101 Å². The van der Waals surface area contributed by atoms with E-state index in [-0.39, 0.29) is 43.3 Å². The lowest BCUT2D eigenvalue weighted by atomic mass is 9.80. The van der Waals surface area contributed by atoms with E-state index in [0.717, 1.165) is 0 Å². The lowest BCUT2D eigenvalue weighted by Gasteiger charge is -2.38. The maximum atomic E-state index is 12.8. The van der Waals surface area contributed by atoms with Crippen molar-refractivity contribution in [2.75, 3.05) is 25.4 Å². The summed E-state index contributed by atoms with van der Waals surface area (Å²) >= 11 is 0. The van der Waals surface area contributed by atoms with Crippen LogP contribution in [0.4, 0.5) is 0 Å². The smallest absolute Gasteiger partial charge is 0.310 e. The van der Waals surface area contributed by atoms with Crippen LogP contribution in [-0.4, -0.2) is 55.7 Å². The zero-order valence-electron chi connectivity index (χ0n) is 15.4. The van der Waals surface area contributed by atoms with Gasteiger partial charge < -0.3 is 14.7 Å². The van der Waals surface area contributed by atoms with Crippen molar-refractivity contribution in [2.45, 2.75) is 31.6 Å². The highest BCUT2D eigenvalue weighted by Crippen LogP contribution is 2.35. The second kappa shape index (κ2) is 8.44. The second-order valence-electron chi connectivity index (χ2n) is 6.54. The molecule has 1 aliphatic heterocycles. The lowest BCUT2D eigenvalue weighted by molar-refractivity contribution is -0.152. The molecule has 1 saturated heterocycles. The molecule has 0 saturated carbocycles. The van der Waals surface area contributed by atoms with Gasteiger partial charge in [0.25, 0.3) is 0 Å². The fourth-order valence-corrected chi connectivity index (χ4v) is 4.91. The molecule has 0 atom stereocenters. The number of aliphatic carboxylic acids is 1. The van der Waals surface area contributed by atoms with Crippen molar-refractivity contribution in [3.63, 3.8) is 0 Å². The molecule has 1 heterocycles. The third-order valence-electron chi connectivity index (χ3n) is 4.76. The molecule has 7 nitrogen and oxygen atoms in total. The molecule has 8 heteroatoms. The number of carbonyl (C=O) groups is 2. The van der Waals surface area contributed by atoms with Crippen LogP contribution in [0.25, 0.3) is 0 Å². The van der Waals surface area contributed by atoms with Crippen molar-refractivity contribution in [3.8, 4) is 17.6 Å². The van der Waals surface area contributed by atoms with Crippen LogP contribution in [-0.2, 0) is 19.4 Å². The predicted molar refractivity (Wildman–Crippen MR) is 99.0 cm³/mol. The molecule has 0 radical (unpaired) electrons. The van der Waals surface area contributed by atoms with Gasteiger partial charge in [-0.15, -0.1) is 5.92 Å². The summed E-state index contributed by atoms with van der Waals surface area (Å²) in [4.78, 5) is 24.9. The number of carboxylic acids is 1. The summed E-state index contributed by atoms with van der Waals surface area (Å²) < 4.78 is 30.9. The third kappa shape index (κ3) is 5.01. The summed E-state index contributed by atoms with van der Waals surface area (Å²) in [6.45, 7) is 3.79. The summed E-state index contributed by atoms with van der Waals surface area (Å²) in [6.07, 6.45) is 0.218. The summed E-state index contributed by atoms with van der Waals surface area (Å²) in [7, 11) is -3.81. The van der Waals surface area contributed by atoms with E-state index in [4.69, 9.17) is 4.74 Å². The number of benzene rings is 1. The Morgan fingerprint density at radius 1 is 1.22 bits per heavy atom. The Balaban J connectivity index is 2.16. The average molecular weight is 393 g/mol. The summed E-state index contributed by atoms with van der Waals surface area (Å²) in [6, 6.07) is 5.86. The molecule has 1 aliphatic rings. The van der Waals surface area contributed by atoms with Gasteiger partial charge in [-0.25, -0.2) is 8.42 Å². The van der Waals surface area contributed by atoms with Crippen LogP contribution < -0.4 is 4.74 Å². The molecule has 1 amide bonds. The Bertz CT molecular complexity index is 856. The number of rotatable bonds is 6. The van der Waals surface area contributed by atoms with Gasteiger partial charge >= 0.3 is 5.97 Å². The molecule has 1 aromatic rings. The molecular formula is C19H23NO6S. The number of sulfone groups is 1. The minimum atomic E-state index is -3.81. The van der Waals surface area contributed by atoms with Crippen molar-refractivity contribution >= 4 is 21.7 Å². The monoisotopic (exact) mass is 393 g/mol. The number of carboxylic acid groups (broad SMARTS) is 1. The van der Waals surface area contributed by atoms with Gasteiger partial charge in [0.05, 0.1) is 16.1 Å². The number of nitrogens with zero attached hydrogens (tertiary/aromatic N) is 1. The van der Waals surface area contributed by atoms with Crippen LogP contribution >= 0.6 is 0 Å². The Morgan fingerprint density at radius 2 is 1.81 bits per heavy atom. The van der Waals surface area contributed by atoms with Gasteiger partial charge in [-0.05, 0) is 44.0 Å². The predicted octanol–water partition coefficient (Wildman–Crippen LogP) is 1.58. The average Bonchev–Trinajstić information content (AvgIpc) is 2.62. The summed E-state index contributed by atoms with van der Waals surface area (Å²) in [5, 5.41) is 9.69. The Kier molecular flexibility index (Phi) is 6.50. The number of carbonyl (C=O) groups excluding carboxylic acids is 1. The van der Waals surface area contributed by atoms with Crippen LogP contribution in [0.2, 0.25) is 0 Å². The second-order valence-corrected chi connectivity index (χ2v) is 8.53. The van der Waals surface area contributed by atoms with E-state index in [1.807, 2.05) is 0 Å². The van der Waals surface area contributed by atoms with Gasteiger partial charge in [-0.3, -0.25) is 9.59 Å². The van der Waals surface area contributed by atoms with Gasteiger partial charge in [-0.1, -0.05) is 5.92 Å². The Labute approximate surface area is 159 Å². The van der Waals surface area contributed by atoms with Crippen molar-refractivity contribution in [1.29, 1.82) is 0 Å². The highest BCUT2D eigenvalue weighted by atomic mass is 32.2. The van der Waals surface area contributed by atoms with Gasteiger partial charge in [0.15, 0.2) is 9.84 Å². The zero-order chi connectivity index (χ0) is 20.1. The maximum Gasteiger partial charge on any atom is 0.310 e. The minimum Gasteiger partial charge on any atom is -0.481 e. The first-order valence-electron chi connectivity index (χ1n) is 8.54. The number of likely N-dealkylation sites (tertiary alicyclic amines) is 1. The molecule has 0 aromatic heterocycles. The standard InChI is InChI=1S/C19H23NO6S/c1-3-4-13-26-16-5-7-17(8-6-16)27(24,25)14-19(18(22)23)9-11-20(12-10-19)15(2)21/h5-8H,9-14H2,1-2H3,(H,22,23). The van der Waals surface area contributed by atoms with E-state index in [1.54, 1.807) is 11.8 Å². The van der Waals surface area contributed by atoms with E-state index in [0.29, 0.717) is 5.75 Å². The largest absolute Gasteiger partial charge is 0.481 e. The first-order valence-corrected chi connectivity index (χ1v) is 10.2. The first kappa shape index (κ1) is 20.8. The van der Waals surface area contributed by atoms with Crippen molar-refractivity contribution in [3.05, 3.63) is 24.3 Å².